The van der Waals surface area contributed by atoms with Gasteiger partial charge < -0.3 is 25.2 Å². The van der Waals surface area contributed by atoms with Crippen molar-refractivity contribution in [1.82, 2.24) is 4.90 Å². The zero-order valence-corrected chi connectivity index (χ0v) is 19.6. The van der Waals surface area contributed by atoms with Crippen molar-refractivity contribution in [1.29, 1.82) is 0 Å². The van der Waals surface area contributed by atoms with Crippen molar-refractivity contribution in [3.8, 4) is 5.75 Å². The monoisotopic (exact) mass is 440 g/mol. The van der Waals surface area contributed by atoms with Crippen molar-refractivity contribution in [2.24, 2.45) is 0 Å². The third kappa shape index (κ3) is 5.14. The Balaban J connectivity index is 1.96. The highest BCUT2D eigenvalue weighted by atomic mass is 16.5. The molecular weight excluding hydrogens is 404 g/mol. The maximum atomic E-state index is 13.9. The lowest BCUT2D eigenvalue weighted by Gasteiger charge is -2.42. The predicted octanol–water partition coefficient (Wildman–Crippen LogP) is 3.45. The van der Waals surface area contributed by atoms with E-state index in [0.717, 1.165) is 11.1 Å². The summed E-state index contributed by atoms with van der Waals surface area (Å²) in [6, 6.07) is 14.0. The van der Waals surface area contributed by atoms with Crippen LogP contribution in [0, 0.1) is 6.92 Å². The van der Waals surface area contributed by atoms with Crippen molar-refractivity contribution in [2.75, 3.05) is 38.7 Å². The van der Waals surface area contributed by atoms with Crippen LogP contribution in [0.3, 0.4) is 0 Å². The number of benzene rings is 2. The number of anilines is 1. The molecule has 6 heteroatoms. The summed E-state index contributed by atoms with van der Waals surface area (Å²) < 4.78 is 5.51. The van der Waals surface area contributed by atoms with E-state index in [2.05, 4.69) is 36.2 Å². The second kappa shape index (κ2) is 10.5. The maximum Gasteiger partial charge on any atom is 0.235 e. The first kappa shape index (κ1) is 24.2. The van der Waals surface area contributed by atoms with Gasteiger partial charge in [0.15, 0.2) is 0 Å². The van der Waals surface area contributed by atoms with E-state index in [0.29, 0.717) is 49.8 Å². The van der Waals surface area contributed by atoms with Crippen LogP contribution in [0.1, 0.15) is 49.3 Å². The number of β-amino-alcohol motifs (C(OH)–C–C–N with tert-alkyl or cyclic N) is 1. The van der Waals surface area contributed by atoms with Crippen LogP contribution < -0.4 is 10.1 Å². The molecule has 0 unspecified atom stereocenters. The molecule has 0 saturated carbocycles. The summed E-state index contributed by atoms with van der Waals surface area (Å²) in [4.78, 5) is 16.1. The normalized spacial score (nSPS) is 17.2. The zero-order chi connectivity index (χ0) is 23.3. The van der Waals surface area contributed by atoms with Gasteiger partial charge in [0, 0.05) is 6.54 Å². The van der Waals surface area contributed by atoms with Gasteiger partial charge in [0.2, 0.25) is 5.91 Å². The van der Waals surface area contributed by atoms with Gasteiger partial charge in [-0.05, 0) is 67.6 Å². The molecule has 0 aliphatic carbocycles. The molecule has 1 aliphatic heterocycles. The Morgan fingerprint density at radius 3 is 2.50 bits per heavy atom. The van der Waals surface area contributed by atoms with E-state index >= 15 is 0 Å². The molecule has 1 atom stereocenters. The van der Waals surface area contributed by atoms with Crippen molar-refractivity contribution in [3.05, 3.63) is 59.2 Å². The Kier molecular flexibility index (Phi) is 7.93. The summed E-state index contributed by atoms with van der Waals surface area (Å²) in [5.41, 5.74) is 3.30. The summed E-state index contributed by atoms with van der Waals surface area (Å²) in [6.07, 6.45) is 0.500. The van der Waals surface area contributed by atoms with E-state index in [1.54, 1.807) is 7.11 Å². The Morgan fingerprint density at radius 1 is 1.19 bits per heavy atom. The summed E-state index contributed by atoms with van der Waals surface area (Å²) in [5, 5.41) is 22.2. The minimum Gasteiger partial charge on any atom is -0.495 e. The third-order valence-corrected chi connectivity index (χ3v) is 6.53. The number of amides is 1. The zero-order valence-electron chi connectivity index (χ0n) is 19.6. The molecule has 1 aliphatic rings. The first-order chi connectivity index (χ1) is 15.3. The van der Waals surface area contributed by atoms with Crippen LogP contribution in [0.5, 0.6) is 5.75 Å². The molecular formula is C26H36N2O4. The number of aliphatic hydroxyl groups is 2. The van der Waals surface area contributed by atoms with Gasteiger partial charge in [-0.15, -0.1) is 0 Å². The maximum absolute atomic E-state index is 13.9. The Bertz CT molecular complexity index is 920. The highest BCUT2D eigenvalue weighted by Crippen LogP contribution is 2.41. The van der Waals surface area contributed by atoms with E-state index in [4.69, 9.17) is 4.74 Å². The first-order valence-electron chi connectivity index (χ1n) is 11.4. The van der Waals surface area contributed by atoms with Gasteiger partial charge in [0.05, 0.1) is 30.9 Å². The minimum atomic E-state index is -0.768. The summed E-state index contributed by atoms with van der Waals surface area (Å²) in [6.45, 7) is 7.78. The van der Waals surface area contributed by atoms with Gasteiger partial charge in [-0.2, -0.15) is 0 Å². The fourth-order valence-electron chi connectivity index (χ4n) is 4.67. The van der Waals surface area contributed by atoms with E-state index in [-0.39, 0.29) is 12.5 Å². The fraction of sp³-hybridized carbons (Fsp3) is 0.500. The van der Waals surface area contributed by atoms with E-state index in [1.165, 1.54) is 5.56 Å². The second-order valence-electron chi connectivity index (χ2n) is 9.12. The van der Waals surface area contributed by atoms with Crippen LogP contribution in [-0.4, -0.2) is 60.5 Å². The first-order valence-corrected chi connectivity index (χ1v) is 11.4. The quantitative estimate of drug-likeness (QED) is 0.586. The van der Waals surface area contributed by atoms with Gasteiger partial charge in [0.1, 0.15) is 5.75 Å². The van der Waals surface area contributed by atoms with Crippen LogP contribution in [0.2, 0.25) is 0 Å². The molecule has 1 saturated heterocycles. The lowest BCUT2D eigenvalue weighted by molar-refractivity contribution is -0.123. The Hall–Kier alpha value is -2.41. The van der Waals surface area contributed by atoms with Crippen LogP contribution in [0.15, 0.2) is 42.5 Å². The molecule has 174 valence electrons. The van der Waals surface area contributed by atoms with Gasteiger partial charge in [-0.25, -0.2) is 0 Å². The molecule has 0 radical (unpaired) electrons. The molecule has 2 aromatic carbocycles. The molecule has 0 aromatic heterocycles. The Labute approximate surface area is 191 Å². The van der Waals surface area contributed by atoms with E-state index in [1.807, 2.05) is 37.3 Å². The van der Waals surface area contributed by atoms with Crippen LogP contribution in [0.25, 0.3) is 0 Å². The number of nitrogens with one attached hydrogen (secondary N) is 1. The number of methoxy groups -OCH3 is 1. The number of rotatable bonds is 8. The third-order valence-electron chi connectivity index (χ3n) is 6.53. The lowest BCUT2D eigenvalue weighted by Crippen LogP contribution is -2.51. The number of hydrogen-bond acceptors (Lipinski definition) is 5. The smallest absolute Gasteiger partial charge is 0.235 e. The minimum absolute atomic E-state index is 0.0323. The van der Waals surface area contributed by atoms with E-state index in [9.17, 15) is 15.0 Å². The van der Waals surface area contributed by atoms with E-state index < -0.39 is 11.5 Å². The number of aryl methyl sites for hydroxylation is 1. The van der Waals surface area contributed by atoms with Crippen molar-refractivity contribution in [2.45, 2.75) is 51.0 Å². The fourth-order valence-corrected chi connectivity index (χ4v) is 4.67. The molecule has 0 bridgehead atoms. The summed E-state index contributed by atoms with van der Waals surface area (Å²) in [7, 11) is 1.61. The van der Waals surface area contributed by atoms with Gasteiger partial charge in [-0.3, -0.25) is 4.79 Å². The molecule has 2 aromatic rings. The average molecular weight is 441 g/mol. The molecule has 1 fully saturated rings. The Morgan fingerprint density at radius 2 is 1.88 bits per heavy atom. The van der Waals surface area contributed by atoms with Gasteiger partial charge in [-0.1, -0.05) is 44.2 Å². The van der Waals surface area contributed by atoms with Crippen molar-refractivity contribution < 1.29 is 19.7 Å². The lowest BCUT2D eigenvalue weighted by atomic mass is 9.69. The number of piperidine rings is 1. The SMILES string of the molecule is COc1cc(C)ccc1NC(=O)C1(c2ccccc2C(C)C)CCN(C[C@H](O)CO)CC1. The number of likely N-dealkylation sites (tertiary alicyclic amines) is 1. The second-order valence-corrected chi connectivity index (χ2v) is 9.12. The average Bonchev–Trinajstić information content (AvgIpc) is 2.80. The summed E-state index contributed by atoms with van der Waals surface area (Å²) in [5.74, 6) is 0.906. The molecule has 6 nitrogen and oxygen atoms in total. The number of hydrogen-bond donors (Lipinski definition) is 3. The largest absolute Gasteiger partial charge is 0.495 e. The number of ether oxygens (including phenoxy) is 1. The van der Waals surface area contributed by atoms with Gasteiger partial charge in [0.25, 0.3) is 0 Å². The van der Waals surface area contributed by atoms with Crippen LogP contribution in [-0.2, 0) is 10.2 Å². The summed E-state index contributed by atoms with van der Waals surface area (Å²) >= 11 is 0. The van der Waals surface area contributed by atoms with Crippen LogP contribution in [0.4, 0.5) is 5.69 Å². The number of carbonyl (C=O) groups excluding carboxylic acids is 1. The topological polar surface area (TPSA) is 82.0 Å². The standard InChI is InChI=1S/C26H36N2O4/c1-18(2)21-7-5-6-8-22(21)26(11-13-28(14-12-26)16-20(30)17-29)25(31)27-23-10-9-19(3)15-24(23)32-4/h5-10,15,18,20,29-30H,11-14,16-17H2,1-4H3,(H,27,31)/t20-/m0/s1. The highest BCUT2D eigenvalue weighted by Gasteiger charge is 2.44. The van der Waals surface area contributed by atoms with Crippen molar-refractivity contribution in [3.63, 3.8) is 0 Å². The predicted molar refractivity (Wildman–Crippen MR) is 127 cm³/mol. The number of aliphatic hydroxyl groups excluding tert-OH is 2. The molecule has 32 heavy (non-hydrogen) atoms. The number of carbonyl (C=O) groups is 1. The highest BCUT2D eigenvalue weighted by molar-refractivity contribution is 6.00. The van der Waals surface area contributed by atoms with Crippen molar-refractivity contribution >= 4 is 11.6 Å². The molecule has 3 N–H and O–H groups in total. The molecule has 3 rings (SSSR count). The number of nitrogens with zero attached hydrogens (tertiary/aromatic N) is 1. The molecule has 1 heterocycles. The molecule has 0 spiro atoms. The van der Waals surface area contributed by atoms with Crippen LogP contribution >= 0.6 is 0 Å². The molecule has 1 amide bonds. The van der Waals surface area contributed by atoms with Gasteiger partial charge >= 0.3 is 0 Å².